The molecule has 0 rings (SSSR count). The zero-order valence-electron chi connectivity index (χ0n) is 9.77. The number of carbonyl (C=O) groups excluding carboxylic acids is 1. The molecule has 0 aromatic rings. The van der Waals surface area contributed by atoms with Gasteiger partial charge in [-0.05, 0) is 26.7 Å². The fourth-order valence-electron chi connectivity index (χ4n) is 0.891. The summed E-state index contributed by atoms with van der Waals surface area (Å²) in [6.07, 6.45) is -0.830. The lowest BCUT2D eigenvalue weighted by atomic mass is 10.1. The zero-order chi connectivity index (χ0) is 12.2. The quantitative estimate of drug-likeness (QED) is 0.777. The van der Waals surface area contributed by atoms with Crippen LogP contribution in [-0.2, 0) is 9.53 Å². The Bertz CT molecular complexity index is 242. The van der Waals surface area contributed by atoms with E-state index in [0.717, 1.165) is 0 Å². The summed E-state index contributed by atoms with van der Waals surface area (Å²) in [4.78, 5) is 22.0. The minimum absolute atomic E-state index is 0.241. The molecule has 1 radical (unpaired) electrons. The van der Waals surface area contributed by atoms with E-state index in [1.807, 2.05) is 0 Å². The highest BCUT2D eigenvalue weighted by Crippen LogP contribution is 2.09. The molecule has 0 aliphatic heterocycles. The molecule has 0 saturated carbocycles. The Morgan fingerprint density at radius 3 is 2.00 bits per heavy atom. The Hall–Kier alpha value is -1.26. The third-order valence-electron chi connectivity index (χ3n) is 1.52. The lowest BCUT2D eigenvalue weighted by Gasteiger charge is -2.21. The van der Waals surface area contributed by atoms with Gasteiger partial charge in [0.15, 0.2) is 6.04 Å². The highest BCUT2D eigenvalue weighted by molar-refractivity contribution is 5.80. The first-order valence-electron chi connectivity index (χ1n) is 4.80. The van der Waals surface area contributed by atoms with E-state index in [9.17, 15) is 9.59 Å². The molecule has 0 bridgehead atoms. The fraction of sp³-hybridized carbons (Fsp3) is 0.800. The van der Waals surface area contributed by atoms with Crippen molar-refractivity contribution in [3.8, 4) is 0 Å². The first kappa shape index (κ1) is 13.7. The molecule has 0 saturated heterocycles. The molecular weight excluding hydrogens is 198 g/mol. The van der Waals surface area contributed by atoms with Gasteiger partial charge in [0.1, 0.15) is 5.60 Å². The Balaban J connectivity index is 4.31. The van der Waals surface area contributed by atoms with Crippen molar-refractivity contribution in [3.63, 3.8) is 0 Å². The van der Waals surface area contributed by atoms with Gasteiger partial charge < -0.3 is 9.84 Å². The van der Waals surface area contributed by atoms with Crippen LogP contribution >= 0.6 is 0 Å². The minimum atomic E-state index is -1.11. The van der Waals surface area contributed by atoms with Crippen LogP contribution in [0.5, 0.6) is 0 Å². The van der Waals surface area contributed by atoms with E-state index in [4.69, 9.17) is 9.84 Å². The van der Waals surface area contributed by atoms with Crippen molar-refractivity contribution < 1.29 is 19.4 Å². The number of hydrogen-bond acceptors (Lipinski definition) is 3. The first-order valence-corrected chi connectivity index (χ1v) is 4.80. The standard InChI is InChI=1S/C10H18NO4/c1-6(2)7(8(12)13)11-9(14)15-10(3,4)5/h6-7H,1-5H3,(H,12,13). The maximum Gasteiger partial charge on any atom is 0.430 e. The van der Waals surface area contributed by atoms with E-state index < -0.39 is 23.7 Å². The number of carboxylic acid groups (broad SMARTS) is 1. The highest BCUT2D eigenvalue weighted by atomic mass is 16.6. The summed E-state index contributed by atoms with van der Waals surface area (Å²) in [5, 5.41) is 12.3. The second kappa shape index (κ2) is 5.00. The molecule has 0 fully saturated rings. The second-order valence-corrected chi connectivity index (χ2v) is 4.64. The molecule has 0 aliphatic rings. The number of carboxylic acids is 1. The molecule has 0 heterocycles. The molecule has 1 unspecified atom stereocenters. The van der Waals surface area contributed by atoms with Crippen molar-refractivity contribution in [1.29, 1.82) is 0 Å². The summed E-state index contributed by atoms with van der Waals surface area (Å²) in [5.74, 6) is -1.36. The first-order chi connectivity index (χ1) is 6.63. The molecular formula is C10H18NO4. The number of ether oxygens (including phenoxy) is 1. The van der Waals surface area contributed by atoms with Crippen molar-refractivity contribution in [3.05, 3.63) is 0 Å². The molecule has 1 N–H and O–H groups in total. The molecule has 87 valence electrons. The third-order valence-corrected chi connectivity index (χ3v) is 1.52. The third kappa shape index (κ3) is 5.93. The number of amides is 1. The van der Waals surface area contributed by atoms with E-state index in [-0.39, 0.29) is 5.92 Å². The van der Waals surface area contributed by atoms with Gasteiger partial charge >= 0.3 is 12.1 Å². The number of aliphatic carboxylic acids is 1. The average molecular weight is 216 g/mol. The van der Waals surface area contributed by atoms with Crippen LogP contribution < -0.4 is 5.32 Å². The number of carbonyl (C=O) groups is 2. The Morgan fingerprint density at radius 1 is 1.27 bits per heavy atom. The van der Waals surface area contributed by atoms with Gasteiger partial charge in [-0.3, -0.25) is 0 Å². The Labute approximate surface area is 89.8 Å². The summed E-state index contributed by atoms with van der Waals surface area (Å²) in [7, 11) is 0. The van der Waals surface area contributed by atoms with Crippen LogP contribution in [0.2, 0.25) is 0 Å². The average Bonchev–Trinajstić information content (AvgIpc) is 1.95. The van der Waals surface area contributed by atoms with Crippen molar-refractivity contribution >= 4 is 12.1 Å². The molecule has 15 heavy (non-hydrogen) atoms. The van der Waals surface area contributed by atoms with Crippen molar-refractivity contribution in [2.45, 2.75) is 46.3 Å². The predicted octanol–water partition coefficient (Wildman–Crippen LogP) is 1.64. The van der Waals surface area contributed by atoms with Crippen LogP contribution in [0.3, 0.4) is 0 Å². The molecule has 5 heteroatoms. The number of hydrogen-bond donors (Lipinski definition) is 1. The van der Waals surface area contributed by atoms with Gasteiger partial charge in [-0.15, -0.1) is 0 Å². The molecule has 1 atom stereocenters. The highest BCUT2D eigenvalue weighted by Gasteiger charge is 2.28. The van der Waals surface area contributed by atoms with Crippen LogP contribution in [0, 0.1) is 5.92 Å². The predicted molar refractivity (Wildman–Crippen MR) is 54.6 cm³/mol. The van der Waals surface area contributed by atoms with Gasteiger partial charge in [-0.25, -0.2) is 9.59 Å². The van der Waals surface area contributed by atoms with E-state index in [2.05, 4.69) is 5.32 Å². The molecule has 0 aromatic heterocycles. The Morgan fingerprint density at radius 2 is 1.73 bits per heavy atom. The molecule has 1 amide bonds. The molecule has 0 spiro atoms. The summed E-state index contributed by atoms with van der Waals surface area (Å²) in [5.41, 5.74) is -0.652. The van der Waals surface area contributed by atoms with E-state index in [1.54, 1.807) is 34.6 Å². The van der Waals surface area contributed by atoms with Crippen LogP contribution in [0.1, 0.15) is 34.6 Å². The summed E-state index contributed by atoms with van der Waals surface area (Å²) in [6.45, 7) is 8.47. The second-order valence-electron chi connectivity index (χ2n) is 4.64. The van der Waals surface area contributed by atoms with Crippen LogP contribution in [-0.4, -0.2) is 28.8 Å². The molecule has 0 aliphatic carbocycles. The molecule has 5 nitrogen and oxygen atoms in total. The van der Waals surface area contributed by atoms with Gasteiger partial charge in [0.05, 0.1) is 0 Å². The van der Waals surface area contributed by atoms with Gasteiger partial charge in [-0.1, -0.05) is 13.8 Å². The van der Waals surface area contributed by atoms with Crippen molar-refractivity contribution in [2.75, 3.05) is 0 Å². The maximum absolute atomic E-state index is 11.2. The lowest BCUT2D eigenvalue weighted by Crippen LogP contribution is -2.41. The van der Waals surface area contributed by atoms with Crippen molar-refractivity contribution in [2.24, 2.45) is 5.92 Å². The zero-order valence-corrected chi connectivity index (χ0v) is 9.77. The van der Waals surface area contributed by atoms with E-state index >= 15 is 0 Å². The van der Waals surface area contributed by atoms with E-state index in [1.165, 1.54) is 0 Å². The summed E-state index contributed by atoms with van der Waals surface area (Å²) in [6, 6.07) is -1.04. The number of rotatable bonds is 3. The van der Waals surface area contributed by atoms with Gasteiger partial charge in [0.2, 0.25) is 0 Å². The summed E-state index contributed by atoms with van der Waals surface area (Å²) < 4.78 is 4.90. The monoisotopic (exact) mass is 216 g/mol. The van der Waals surface area contributed by atoms with Crippen molar-refractivity contribution in [1.82, 2.24) is 5.32 Å². The summed E-state index contributed by atoms with van der Waals surface area (Å²) >= 11 is 0. The fourth-order valence-corrected chi connectivity index (χ4v) is 0.891. The Kier molecular flexibility index (Phi) is 4.58. The largest absolute Gasteiger partial charge is 0.480 e. The number of nitrogens with zero attached hydrogens (tertiary/aromatic N) is 1. The van der Waals surface area contributed by atoms with Gasteiger partial charge in [-0.2, -0.15) is 5.32 Å². The normalized spacial score (nSPS) is 13.5. The lowest BCUT2D eigenvalue weighted by molar-refractivity contribution is -0.140. The van der Waals surface area contributed by atoms with Crippen LogP contribution in [0.4, 0.5) is 4.79 Å². The van der Waals surface area contributed by atoms with Crippen LogP contribution in [0.15, 0.2) is 0 Å². The minimum Gasteiger partial charge on any atom is -0.480 e. The maximum atomic E-state index is 11.2. The SMILES string of the molecule is CC(C)C([N]C(=O)OC(C)(C)C)C(=O)O. The topological polar surface area (TPSA) is 77.7 Å². The molecule has 0 aromatic carbocycles. The van der Waals surface area contributed by atoms with E-state index in [0.29, 0.717) is 0 Å². The van der Waals surface area contributed by atoms with Crippen LogP contribution in [0.25, 0.3) is 0 Å². The van der Waals surface area contributed by atoms with Gasteiger partial charge in [0.25, 0.3) is 0 Å². The van der Waals surface area contributed by atoms with Gasteiger partial charge in [0, 0.05) is 0 Å². The smallest absolute Gasteiger partial charge is 0.430 e.